The molecule has 0 saturated carbocycles. The Kier molecular flexibility index (Phi) is 8.33. The highest BCUT2D eigenvalue weighted by molar-refractivity contribution is 7.92. The topological polar surface area (TPSA) is 107 Å². The molecule has 4 aromatic rings. The van der Waals surface area contributed by atoms with E-state index in [2.05, 4.69) is 19.7 Å². The highest BCUT2D eigenvalue weighted by atomic mass is 35.5. The van der Waals surface area contributed by atoms with E-state index in [0.717, 1.165) is 12.1 Å². The Morgan fingerprint density at radius 2 is 1.81 bits per heavy atom. The van der Waals surface area contributed by atoms with E-state index < -0.39 is 10.0 Å². The van der Waals surface area contributed by atoms with Gasteiger partial charge >= 0.3 is 0 Å². The van der Waals surface area contributed by atoms with E-state index in [1.54, 1.807) is 49.5 Å². The second kappa shape index (κ2) is 11.5. The first kappa shape index (κ1) is 26.9. The molecule has 9 nitrogen and oxygen atoms in total. The number of hydrogen-bond acceptors (Lipinski definition) is 8. The van der Waals surface area contributed by atoms with Gasteiger partial charge in [0.25, 0.3) is 15.9 Å². The summed E-state index contributed by atoms with van der Waals surface area (Å²) in [6, 6.07) is 11.6. The van der Waals surface area contributed by atoms with Crippen molar-refractivity contribution in [3.05, 3.63) is 76.0 Å². The van der Waals surface area contributed by atoms with Crippen LogP contribution in [0.25, 0.3) is 11.0 Å². The van der Waals surface area contributed by atoms with E-state index in [4.69, 9.17) is 32.7 Å². The molecule has 194 valence electrons. The van der Waals surface area contributed by atoms with Crippen LogP contribution in [0.15, 0.2) is 59.8 Å². The van der Waals surface area contributed by atoms with Crippen LogP contribution in [-0.2, 0) is 16.6 Å². The number of nitrogens with zero attached hydrogens (tertiary/aromatic N) is 4. The molecule has 0 saturated heterocycles. The van der Waals surface area contributed by atoms with Gasteiger partial charge in [0, 0.05) is 17.8 Å². The molecule has 0 aliphatic heterocycles. The van der Waals surface area contributed by atoms with Crippen molar-refractivity contribution in [3.63, 3.8) is 0 Å². The van der Waals surface area contributed by atoms with E-state index >= 15 is 0 Å². The van der Waals surface area contributed by atoms with E-state index in [9.17, 15) is 8.42 Å². The molecule has 0 unspecified atom stereocenters. The van der Waals surface area contributed by atoms with Crippen molar-refractivity contribution >= 4 is 50.1 Å². The minimum Gasteiger partial charge on any atom is -0.491 e. The van der Waals surface area contributed by atoms with Crippen molar-refractivity contribution in [3.8, 4) is 11.6 Å². The fourth-order valence-electron chi connectivity index (χ4n) is 3.36. The first-order valence-electron chi connectivity index (χ1n) is 11.2. The summed E-state index contributed by atoms with van der Waals surface area (Å²) in [5.41, 5.74) is 2.06. The number of pyridine rings is 1. The van der Waals surface area contributed by atoms with Crippen LogP contribution in [0.1, 0.15) is 11.1 Å². The Morgan fingerprint density at radius 1 is 1.00 bits per heavy atom. The van der Waals surface area contributed by atoms with Crippen LogP contribution in [0.3, 0.4) is 0 Å². The average molecular weight is 562 g/mol. The molecule has 37 heavy (non-hydrogen) atoms. The molecule has 0 spiro atoms. The fraction of sp³-hybridized carbons (Fsp3) is 0.240. The number of halogens is 2. The molecule has 2 aromatic heterocycles. The lowest BCUT2D eigenvalue weighted by Gasteiger charge is -2.15. The molecule has 2 heterocycles. The second-order valence-electron chi connectivity index (χ2n) is 8.42. The van der Waals surface area contributed by atoms with Crippen molar-refractivity contribution in [2.24, 2.45) is 0 Å². The van der Waals surface area contributed by atoms with Crippen LogP contribution >= 0.6 is 23.2 Å². The number of benzene rings is 2. The lowest BCUT2D eigenvalue weighted by molar-refractivity contribution is 0.259. The van der Waals surface area contributed by atoms with Gasteiger partial charge in [-0.1, -0.05) is 35.3 Å². The van der Waals surface area contributed by atoms with Crippen molar-refractivity contribution in [2.45, 2.75) is 18.4 Å². The number of aromatic nitrogens is 3. The number of anilines is 1. The molecule has 0 radical (unpaired) electrons. The number of likely N-dealkylation sites (N-methyl/N-ethyl adjacent to an activating group) is 1. The Morgan fingerprint density at radius 3 is 2.59 bits per heavy atom. The second-order valence-corrected chi connectivity index (χ2v) is 10.9. The molecule has 0 amide bonds. The molecular formula is C25H25Cl2N5O4S. The molecule has 2 aromatic carbocycles. The zero-order valence-electron chi connectivity index (χ0n) is 20.4. The summed E-state index contributed by atoms with van der Waals surface area (Å²) in [5.74, 6) is 0.459. The lowest BCUT2D eigenvalue weighted by Crippen LogP contribution is -2.19. The maximum absolute atomic E-state index is 13.2. The van der Waals surface area contributed by atoms with E-state index in [1.165, 1.54) is 12.3 Å². The largest absolute Gasteiger partial charge is 0.491 e. The maximum atomic E-state index is 13.2. The number of rotatable bonds is 10. The van der Waals surface area contributed by atoms with Gasteiger partial charge in [0.2, 0.25) is 5.82 Å². The molecule has 1 N–H and O–H groups in total. The monoisotopic (exact) mass is 561 g/mol. The minimum absolute atomic E-state index is 0.00647. The van der Waals surface area contributed by atoms with Gasteiger partial charge in [0.15, 0.2) is 0 Å². The summed E-state index contributed by atoms with van der Waals surface area (Å²) in [7, 11) is -0.142. The average Bonchev–Trinajstić information content (AvgIpc) is 2.85. The van der Waals surface area contributed by atoms with Crippen molar-refractivity contribution in [1.29, 1.82) is 0 Å². The van der Waals surface area contributed by atoms with Crippen molar-refractivity contribution < 1.29 is 17.9 Å². The Bertz CT molecular complexity index is 1530. The summed E-state index contributed by atoms with van der Waals surface area (Å²) >= 11 is 12.4. The predicted octanol–water partition coefficient (Wildman–Crippen LogP) is 4.96. The van der Waals surface area contributed by atoms with E-state index in [1.807, 2.05) is 19.0 Å². The van der Waals surface area contributed by atoms with Gasteiger partial charge in [0.05, 0.1) is 21.6 Å². The van der Waals surface area contributed by atoms with Crippen LogP contribution in [0.5, 0.6) is 11.6 Å². The van der Waals surface area contributed by atoms with E-state index in [0.29, 0.717) is 39.0 Å². The number of sulfonamides is 1. The molecular weight excluding hydrogens is 537 g/mol. The molecule has 12 heteroatoms. The van der Waals surface area contributed by atoms with Crippen LogP contribution in [0.2, 0.25) is 10.0 Å². The highest BCUT2D eigenvalue weighted by Gasteiger charge is 2.22. The number of nitrogens with one attached hydrogen (secondary N) is 1. The number of fused-ring (bicyclic) bond motifs is 1. The first-order valence-corrected chi connectivity index (χ1v) is 13.5. The molecule has 0 atom stereocenters. The summed E-state index contributed by atoms with van der Waals surface area (Å²) in [6.45, 7) is 2.89. The Hall–Kier alpha value is -3.18. The van der Waals surface area contributed by atoms with Crippen LogP contribution in [0.4, 0.5) is 5.82 Å². The highest BCUT2D eigenvalue weighted by Crippen LogP contribution is 2.30. The third kappa shape index (κ3) is 6.58. The quantitative estimate of drug-likeness (QED) is 0.289. The van der Waals surface area contributed by atoms with E-state index in [-0.39, 0.29) is 23.2 Å². The van der Waals surface area contributed by atoms with Gasteiger partial charge in [-0.25, -0.2) is 18.4 Å². The standard InChI is InChI=1S/C25H25Cl2N5O4S/c1-16-18(26)5-4-6-23(16)37(33,34)31-24-25(30-20-9-10-28-14-21(20)29-24)36-15-17-7-8-19(27)22(13-17)35-12-11-32(2)3/h4-10,13-14H,11-12,15H2,1-3H3,(H,29,31). The maximum Gasteiger partial charge on any atom is 0.263 e. The lowest BCUT2D eigenvalue weighted by atomic mass is 10.2. The molecule has 0 aliphatic carbocycles. The van der Waals surface area contributed by atoms with Gasteiger partial charge in [-0.2, -0.15) is 0 Å². The Balaban J connectivity index is 1.62. The van der Waals surface area contributed by atoms with Gasteiger partial charge in [-0.15, -0.1) is 0 Å². The SMILES string of the molecule is Cc1c(Cl)cccc1S(=O)(=O)Nc1nc2cnccc2nc1OCc1ccc(Cl)c(OCCN(C)C)c1. The van der Waals surface area contributed by atoms with Crippen LogP contribution in [-0.4, -0.2) is 55.5 Å². The van der Waals surface area contributed by atoms with Crippen LogP contribution < -0.4 is 14.2 Å². The summed E-state index contributed by atoms with van der Waals surface area (Å²) < 4.78 is 40.7. The summed E-state index contributed by atoms with van der Waals surface area (Å²) in [5, 5.41) is 0.810. The first-order chi connectivity index (χ1) is 17.6. The molecule has 0 fully saturated rings. The number of hydrogen-bond donors (Lipinski definition) is 1. The summed E-state index contributed by atoms with van der Waals surface area (Å²) in [4.78, 5) is 15.0. The number of ether oxygens (including phenoxy) is 2. The third-order valence-electron chi connectivity index (χ3n) is 5.34. The smallest absolute Gasteiger partial charge is 0.263 e. The summed E-state index contributed by atoms with van der Waals surface area (Å²) in [6.07, 6.45) is 3.06. The zero-order valence-corrected chi connectivity index (χ0v) is 22.7. The predicted molar refractivity (Wildman–Crippen MR) is 144 cm³/mol. The van der Waals surface area contributed by atoms with Crippen LogP contribution in [0, 0.1) is 6.92 Å². The minimum atomic E-state index is -4.05. The Labute approximate surface area is 225 Å². The molecule has 0 aliphatic rings. The van der Waals surface area contributed by atoms with Crippen molar-refractivity contribution in [1.82, 2.24) is 19.9 Å². The third-order valence-corrected chi connectivity index (χ3v) is 7.55. The normalized spacial score (nSPS) is 11.6. The van der Waals surface area contributed by atoms with Gasteiger partial charge in [0.1, 0.15) is 24.5 Å². The fourth-order valence-corrected chi connectivity index (χ4v) is 5.03. The zero-order chi connectivity index (χ0) is 26.6. The van der Waals surface area contributed by atoms with Gasteiger partial charge < -0.3 is 14.4 Å². The van der Waals surface area contributed by atoms with Crippen molar-refractivity contribution in [2.75, 3.05) is 32.0 Å². The molecule has 0 bridgehead atoms. The molecule has 4 rings (SSSR count). The van der Waals surface area contributed by atoms with Gasteiger partial charge in [-0.05, 0) is 62.5 Å². The van der Waals surface area contributed by atoms with Gasteiger partial charge in [-0.3, -0.25) is 9.71 Å².